The van der Waals surface area contributed by atoms with E-state index in [2.05, 4.69) is 42.3 Å². The monoisotopic (exact) mass is 398 g/mol. The molecule has 2 aromatic carbocycles. The molecule has 0 aliphatic carbocycles. The summed E-state index contributed by atoms with van der Waals surface area (Å²) in [6, 6.07) is 18.4. The number of hydrogen-bond donors (Lipinski definition) is 1. The lowest BCUT2D eigenvalue weighted by molar-refractivity contribution is -0.127. The summed E-state index contributed by atoms with van der Waals surface area (Å²) in [5, 5.41) is 4.14. The van der Waals surface area contributed by atoms with Crippen molar-refractivity contribution in [3.05, 3.63) is 70.7 Å². The molecule has 0 spiro atoms. The number of amides is 1. The van der Waals surface area contributed by atoms with Crippen LogP contribution in [-0.4, -0.2) is 23.9 Å². The lowest BCUT2D eigenvalue weighted by atomic mass is 9.93. The first-order valence-corrected chi connectivity index (χ1v) is 10.7. The zero-order valence-electron chi connectivity index (χ0n) is 16.9. The number of nitrogens with zero attached hydrogens (tertiary/aromatic N) is 1. The van der Waals surface area contributed by atoms with E-state index >= 15 is 0 Å². The zero-order valence-corrected chi connectivity index (χ0v) is 17.7. The van der Waals surface area contributed by atoms with E-state index in [1.165, 1.54) is 5.56 Å². The van der Waals surface area contributed by atoms with Gasteiger partial charge in [0, 0.05) is 18.1 Å². The molecule has 1 aliphatic rings. The van der Waals surface area contributed by atoms with Crippen LogP contribution >= 0.6 is 11.6 Å². The molecule has 0 saturated carbocycles. The van der Waals surface area contributed by atoms with Gasteiger partial charge in [-0.25, -0.2) is 0 Å². The van der Waals surface area contributed by atoms with Crippen LogP contribution < -0.4 is 5.32 Å². The van der Waals surface area contributed by atoms with Gasteiger partial charge in [-0.1, -0.05) is 74.0 Å². The fourth-order valence-electron chi connectivity index (χ4n) is 4.01. The third-order valence-electron chi connectivity index (χ3n) is 5.45. The third kappa shape index (κ3) is 5.83. The number of likely N-dealkylation sites (tertiary alicyclic amines) is 1. The standard InChI is InChI=1S/C24H31ClN2O/c1-18(2)15-23(19-9-4-3-5-10-19)26-24(28)21-12-8-14-27(17-21)16-20-11-6-7-13-22(20)25/h3-7,9-11,13,18,21,23H,8,12,14-17H2,1-2H3,(H,26,28)/t21-,23+/m0/s1. The van der Waals surface area contributed by atoms with Crippen LogP contribution in [-0.2, 0) is 11.3 Å². The van der Waals surface area contributed by atoms with Crippen LogP contribution in [0.3, 0.4) is 0 Å². The van der Waals surface area contributed by atoms with E-state index in [0.29, 0.717) is 5.92 Å². The van der Waals surface area contributed by atoms with E-state index in [0.717, 1.165) is 49.5 Å². The van der Waals surface area contributed by atoms with Crippen LogP contribution in [0.2, 0.25) is 5.02 Å². The van der Waals surface area contributed by atoms with E-state index in [1.54, 1.807) is 0 Å². The molecule has 0 radical (unpaired) electrons. The molecule has 28 heavy (non-hydrogen) atoms. The molecule has 0 bridgehead atoms. The Morgan fingerprint density at radius 1 is 1.14 bits per heavy atom. The maximum Gasteiger partial charge on any atom is 0.224 e. The van der Waals surface area contributed by atoms with Gasteiger partial charge in [-0.05, 0) is 48.9 Å². The highest BCUT2D eigenvalue weighted by Crippen LogP contribution is 2.25. The van der Waals surface area contributed by atoms with Crippen molar-refractivity contribution in [2.75, 3.05) is 13.1 Å². The Hall–Kier alpha value is -1.84. The topological polar surface area (TPSA) is 32.3 Å². The number of piperidine rings is 1. The Labute approximate surface area is 174 Å². The van der Waals surface area contributed by atoms with E-state index in [4.69, 9.17) is 11.6 Å². The summed E-state index contributed by atoms with van der Waals surface area (Å²) in [7, 11) is 0. The molecular formula is C24H31ClN2O. The number of halogens is 1. The molecule has 2 aromatic rings. The van der Waals surface area contributed by atoms with Crippen molar-refractivity contribution in [2.45, 2.75) is 45.7 Å². The van der Waals surface area contributed by atoms with Gasteiger partial charge in [0.15, 0.2) is 0 Å². The fraction of sp³-hybridized carbons (Fsp3) is 0.458. The maximum atomic E-state index is 13.1. The van der Waals surface area contributed by atoms with Gasteiger partial charge < -0.3 is 5.32 Å². The largest absolute Gasteiger partial charge is 0.349 e. The molecule has 1 aliphatic heterocycles. The molecule has 0 aromatic heterocycles. The average Bonchev–Trinajstić information content (AvgIpc) is 2.70. The van der Waals surface area contributed by atoms with Crippen molar-refractivity contribution in [1.29, 1.82) is 0 Å². The van der Waals surface area contributed by atoms with Gasteiger partial charge >= 0.3 is 0 Å². The van der Waals surface area contributed by atoms with Crippen molar-refractivity contribution in [2.24, 2.45) is 11.8 Å². The first kappa shape index (κ1) is 20.9. The van der Waals surface area contributed by atoms with Crippen LogP contribution in [0.4, 0.5) is 0 Å². The molecule has 3 rings (SSSR count). The minimum absolute atomic E-state index is 0.0367. The second-order valence-corrected chi connectivity index (χ2v) is 8.67. The van der Waals surface area contributed by atoms with Gasteiger partial charge in [-0.15, -0.1) is 0 Å². The van der Waals surface area contributed by atoms with Crippen molar-refractivity contribution in [3.63, 3.8) is 0 Å². The summed E-state index contributed by atoms with van der Waals surface area (Å²) < 4.78 is 0. The predicted molar refractivity (Wildman–Crippen MR) is 116 cm³/mol. The first-order chi connectivity index (χ1) is 13.5. The summed E-state index contributed by atoms with van der Waals surface area (Å²) in [5.41, 5.74) is 2.32. The van der Waals surface area contributed by atoms with Crippen LogP contribution in [0.1, 0.15) is 50.3 Å². The minimum atomic E-state index is 0.0367. The zero-order chi connectivity index (χ0) is 19.9. The Bertz CT molecular complexity index is 762. The SMILES string of the molecule is CC(C)C[C@@H](NC(=O)[C@H]1CCCN(Cc2ccccc2Cl)C1)c1ccccc1. The van der Waals surface area contributed by atoms with E-state index in [1.807, 2.05) is 36.4 Å². The highest BCUT2D eigenvalue weighted by atomic mass is 35.5. The highest BCUT2D eigenvalue weighted by molar-refractivity contribution is 6.31. The molecule has 1 saturated heterocycles. The number of hydrogen-bond acceptors (Lipinski definition) is 2. The quantitative estimate of drug-likeness (QED) is 0.672. The summed E-state index contributed by atoms with van der Waals surface area (Å²) in [4.78, 5) is 15.4. The van der Waals surface area contributed by atoms with Gasteiger partial charge in [0.2, 0.25) is 5.91 Å². The predicted octanol–water partition coefficient (Wildman–Crippen LogP) is 5.46. The Kier molecular flexibility index (Phi) is 7.52. The number of benzene rings is 2. The number of carbonyl (C=O) groups excluding carboxylic acids is 1. The smallest absolute Gasteiger partial charge is 0.224 e. The summed E-state index contributed by atoms with van der Waals surface area (Å²) in [6.45, 7) is 7.02. The normalized spacial score (nSPS) is 18.8. The number of carbonyl (C=O) groups is 1. The van der Waals surface area contributed by atoms with Gasteiger partial charge in [0.25, 0.3) is 0 Å². The second-order valence-electron chi connectivity index (χ2n) is 8.27. The second kappa shape index (κ2) is 10.1. The molecule has 2 atom stereocenters. The minimum Gasteiger partial charge on any atom is -0.349 e. The Morgan fingerprint density at radius 2 is 1.86 bits per heavy atom. The van der Waals surface area contributed by atoms with E-state index in [-0.39, 0.29) is 17.9 Å². The van der Waals surface area contributed by atoms with Crippen molar-refractivity contribution < 1.29 is 4.79 Å². The third-order valence-corrected chi connectivity index (χ3v) is 5.82. The van der Waals surface area contributed by atoms with Crippen molar-refractivity contribution >= 4 is 17.5 Å². The molecule has 150 valence electrons. The first-order valence-electron chi connectivity index (χ1n) is 10.3. The summed E-state index contributed by atoms with van der Waals surface area (Å²) in [5.74, 6) is 0.738. The number of rotatable bonds is 7. The Balaban J connectivity index is 1.63. The summed E-state index contributed by atoms with van der Waals surface area (Å²) >= 11 is 6.32. The average molecular weight is 399 g/mol. The van der Waals surface area contributed by atoms with Crippen molar-refractivity contribution in [1.82, 2.24) is 10.2 Å². The molecule has 1 fully saturated rings. The molecular weight excluding hydrogens is 368 g/mol. The molecule has 1 amide bonds. The van der Waals surface area contributed by atoms with Gasteiger partial charge in [0.05, 0.1) is 12.0 Å². The molecule has 4 heteroatoms. The fourth-order valence-corrected chi connectivity index (χ4v) is 4.20. The van der Waals surface area contributed by atoms with Crippen LogP contribution in [0.25, 0.3) is 0 Å². The lowest BCUT2D eigenvalue weighted by Gasteiger charge is -2.33. The van der Waals surface area contributed by atoms with Crippen LogP contribution in [0.5, 0.6) is 0 Å². The van der Waals surface area contributed by atoms with Gasteiger partial charge in [0.1, 0.15) is 0 Å². The lowest BCUT2D eigenvalue weighted by Crippen LogP contribution is -2.43. The molecule has 0 unspecified atom stereocenters. The van der Waals surface area contributed by atoms with Gasteiger partial charge in [-0.2, -0.15) is 0 Å². The molecule has 1 heterocycles. The van der Waals surface area contributed by atoms with Crippen LogP contribution in [0, 0.1) is 11.8 Å². The Morgan fingerprint density at radius 3 is 2.57 bits per heavy atom. The van der Waals surface area contributed by atoms with E-state index < -0.39 is 0 Å². The van der Waals surface area contributed by atoms with Crippen LogP contribution in [0.15, 0.2) is 54.6 Å². The molecule has 3 nitrogen and oxygen atoms in total. The van der Waals surface area contributed by atoms with Gasteiger partial charge in [-0.3, -0.25) is 9.69 Å². The van der Waals surface area contributed by atoms with E-state index in [9.17, 15) is 4.79 Å². The van der Waals surface area contributed by atoms with Crippen molar-refractivity contribution in [3.8, 4) is 0 Å². The highest BCUT2D eigenvalue weighted by Gasteiger charge is 2.28. The number of nitrogens with one attached hydrogen (secondary N) is 1. The maximum absolute atomic E-state index is 13.1. The summed E-state index contributed by atoms with van der Waals surface area (Å²) in [6.07, 6.45) is 2.95. The molecule has 1 N–H and O–H groups in total.